The van der Waals surface area contributed by atoms with Crippen molar-refractivity contribution < 1.29 is 33.9 Å². The first-order chi connectivity index (χ1) is 19.7. The third-order valence-electron chi connectivity index (χ3n) is 7.75. The topological polar surface area (TPSA) is 136 Å². The lowest BCUT2D eigenvalue weighted by Crippen LogP contribution is -2.40. The molecular formula is C30H29IN2O8. The Morgan fingerprint density at radius 3 is 2.20 bits per heavy atom. The number of methoxy groups -OCH3 is 1. The molecule has 0 radical (unpaired) electrons. The second-order valence-corrected chi connectivity index (χ2v) is 11.4. The first-order valence-electron chi connectivity index (χ1n) is 13.4. The molecule has 0 spiro atoms. The first-order valence-corrected chi connectivity index (χ1v) is 14.5. The Bertz CT molecular complexity index is 1450. The van der Waals surface area contributed by atoms with Crippen molar-refractivity contribution in [2.24, 2.45) is 0 Å². The van der Waals surface area contributed by atoms with Gasteiger partial charge in [-0.2, -0.15) is 0 Å². The number of carbonyl (C=O) groups excluding carboxylic acids is 2. The van der Waals surface area contributed by atoms with Gasteiger partial charge in [0.25, 0.3) is 5.69 Å². The molecule has 2 aliphatic carbocycles. The van der Waals surface area contributed by atoms with Crippen LogP contribution in [-0.4, -0.2) is 46.1 Å². The number of rotatable bonds is 9. The molecule has 10 nitrogen and oxygen atoms in total. The van der Waals surface area contributed by atoms with Crippen LogP contribution in [0.5, 0.6) is 11.5 Å². The van der Waals surface area contributed by atoms with E-state index in [-0.39, 0.29) is 36.8 Å². The Kier molecular flexibility index (Phi) is 8.43. The molecule has 0 bridgehead atoms. The molecule has 1 aliphatic heterocycles. The molecule has 1 heterocycles. The van der Waals surface area contributed by atoms with Crippen molar-refractivity contribution in [2.45, 2.75) is 57.5 Å². The Hall–Kier alpha value is -3.74. The number of benzene rings is 2. The summed E-state index contributed by atoms with van der Waals surface area (Å²) in [6, 6.07) is 9.83. The summed E-state index contributed by atoms with van der Waals surface area (Å²) < 4.78 is 12.5. The summed E-state index contributed by atoms with van der Waals surface area (Å²) in [7, 11) is 1.52. The van der Waals surface area contributed by atoms with E-state index in [1.54, 1.807) is 12.1 Å². The number of carboxylic acid groups (broad SMARTS) is 1. The summed E-state index contributed by atoms with van der Waals surface area (Å²) in [5, 5.41) is 20.3. The minimum Gasteiger partial charge on any atom is -0.493 e. The lowest BCUT2D eigenvalue weighted by molar-refractivity contribution is -0.384. The largest absolute Gasteiger partial charge is 0.493 e. The molecule has 214 valence electrons. The third kappa shape index (κ3) is 5.72. The van der Waals surface area contributed by atoms with Gasteiger partial charge in [-0.3, -0.25) is 24.5 Å². The zero-order valence-corrected chi connectivity index (χ0v) is 24.6. The van der Waals surface area contributed by atoms with Gasteiger partial charge in [-0.25, -0.2) is 0 Å². The second kappa shape index (κ2) is 12.0. The molecule has 0 saturated heterocycles. The molecule has 2 aromatic carbocycles. The van der Waals surface area contributed by atoms with Gasteiger partial charge in [0.2, 0.25) is 0 Å². The number of allylic oxidation sites excluding steroid dienone is 4. The van der Waals surface area contributed by atoms with Gasteiger partial charge >= 0.3 is 5.97 Å². The minimum atomic E-state index is -0.927. The van der Waals surface area contributed by atoms with Gasteiger partial charge in [0.1, 0.15) is 6.61 Å². The van der Waals surface area contributed by atoms with Crippen LogP contribution in [0.15, 0.2) is 58.9 Å². The van der Waals surface area contributed by atoms with Gasteiger partial charge in [0, 0.05) is 60.0 Å². The van der Waals surface area contributed by atoms with Crippen molar-refractivity contribution in [3.8, 4) is 11.5 Å². The molecule has 0 unspecified atom stereocenters. The van der Waals surface area contributed by atoms with E-state index in [0.29, 0.717) is 61.2 Å². The standard InChI is InChI=1S/C30H29IN2O8/c1-40-25-15-18(14-20(31)30(25)41-16-17-8-10-19(11-9-17)33(38)39)27-28-21(4-2-6-23(28)34)32(13-12-26(36)37)22-5-3-7-24(35)29(22)27/h8-11,14-15,27H,2-7,12-13,16H2,1H3,(H,36,37). The maximum Gasteiger partial charge on any atom is 0.305 e. The van der Waals surface area contributed by atoms with Crippen LogP contribution >= 0.6 is 22.6 Å². The van der Waals surface area contributed by atoms with E-state index in [4.69, 9.17) is 9.47 Å². The molecule has 0 aromatic heterocycles. The van der Waals surface area contributed by atoms with Crippen LogP contribution in [0.2, 0.25) is 0 Å². The van der Waals surface area contributed by atoms with Crippen molar-refractivity contribution >= 4 is 45.8 Å². The fraction of sp³-hybridized carbons (Fsp3) is 0.367. The number of nitro benzene ring substituents is 1. The summed E-state index contributed by atoms with van der Waals surface area (Å²) in [6.45, 7) is 0.379. The Balaban J connectivity index is 1.55. The predicted molar refractivity (Wildman–Crippen MR) is 157 cm³/mol. The maximum absolute atomic E-state index is 13.5. The fourth-order valence-corrected chi connectivity index (χ4v) is 6.72. The highest BCUT2D eigenvalue weighted by atomic mass is 127. The molecule has 0 saturated carbocycles. The molecule has 0 fully saturated rings. The lowest BCUT2D eigenvalue weighted by Gasteiger charge is -2.44. The van der Waals surface area contributed by atoms with Crippen LogP contribution in [0.4, 0.5) is 5.69 Å². The van der Waals surface area contributed by atoms with E-state index in [9.17, 15) is 29.6 Å². The van der Waals surface area contributed by atoms with Crippen LogP contribution in [-0.2, 0) is 21.0 Å². The van der Waals surface area contributed by atoms with Gasteiger partial charge in [0.05, 0.1) is 22.0 Å². The summed E-state index contributed by atoms with van der Waals surface area (Å²) in [5.41, 5.74) is 4.30. The van der Waals surface area contributed by atoms with E-state index in [0.717, 1.165) is 26.1 Å². The smallest absolute Gasteiger partial charge is 0.305 e. The normalized spacial score (nSPS) is 17.4. The quantitative estimate of drug-likeness (QED) is 0.203. The molecule has 3 aliphatic rings. The predicted octanol–water partition coefficient (Wildman–Crippen LogP) is 5.68. The molecule has 2 aromatic rings. The van der Waals surface area contributed by atoms with E-state index in [1.807, 2.05) is 17.0 Å². The van der Waals surface area contributed by atoms with Crippen LogP contribution in [0.25, 0.3) is 0 Å². The Morgan fingerprint density at radius 1 is 1.05 bits per heavy atom. The van der Waals surface area contributed by atoms with Crippen molar-refractivity contribution in [1.29, 1.82) is 0 Å². The molecule has 5 rings (SSSR count). The molecule has 11 heteroatoms. The number of carbonyl (C=O) groups is 3. The monoisotopic (exact) mass is 672 g/mol. The van der Waals surface area contributed by atoms with Crippen molar-refractivity contribution in [2.75, 3.05) is 13.7 Å². The number of non-ortho nitro benzene ring substituents is 1. The number of nitrogens with zero attached hydrogens (tertiary/aromatic N) is 2. The number of Topliss-reactive ketones (excluding diaryl/α,β-unsaturated/α-hetero) is 2. The minimum absolute atomic E-state index is 0.00357. The molecule has 1 N–H and O–H groups in total. The number of hydrogen-bond donors (Lipinski definition) is 1. The first kappa shape index (κ1) is 28.8. The van der Waals surface area contributed by atoms with Crippen molar-refractivity contribution in [3.63, 3.8) is 0 Å². The van der Waals surface area contributed by atoms with Gasteiger partial charge in [0.15, 0.2) is 23.1 Å². The highest BCUT2D eigenvalue weighted by molar-refractivity contribution is 14.1. The zero-order chi connectivity index (χ0) is 29.3. The Morgan fingerprint density at radius 2 is 1.66 bits per heavy atom. The number of ketones is 2. The van der Waals surface area contributed by atoms with E-state index in [2.05, 4.69) is 22.6 Å². The highest BCUT2D eigenvalue weighted by Crippen LogP contribution is 2.50. The maximum atomic E-state index is 13.5. The van der Waals surface area contributed by atoms with Crippen LogP contribution in [0, 0.1) is 13.7 Å². The van der Waals surface area contributed by atoms with Crippen molar-refractivity contribution in [3.05, 3.63) is 83.7 Å². The number of halogens is 1. The second-order valence-electron chi connectivity index (χ2n) is 10.2. The summed E-state index contributed by atoms with van der Waals surface area (Å²) >= 11 is 2.15. The van der Waals surface area contributed by atoms with Crippen molar-refractivity contribution in [1.82, 2.24) is 4.90 Å². The lowest BCUT2D eigenvalue weighted by atomic mass is 9.71. The average molecular weight is 672 g/mol. The van der Waals surface area contributed by atoms with Crippen LogP contribution in [0.1, 0.15) is 62.0 Å². The van der Waals surface area contributed by atoms with E-state index < -0.39 is 16.8 Å². The summed E-state index contributed by atoms with van der Waals surface area (Å²) in [5.74, 6) is -0.597. The molecule has 0 amide bonds. The third-order valence-corrected chi connectivity index (χ3v) is 8.55. The molecular weight excluding hydrogens is 643 g/mol. The summed E-state index contributed by atoms with van der Waals surface area (Å²) in [4.78, 5) is 50.8. The number of aliphatic carboxylic acids is 1. The molecule has 0 atom stereocenters. The molecule has 41 heavy (non-hydrogen) atoms. The van der Waals surface area contributed by atoms with Gasteiger partial charge in [-0.1, -0.05) is 0 Å². The fourth-order valence-electron chi connectivity index (χ4n) is 5.94. The average Bonchev–Trinajstić information content (AvgIpc) is 2.95. The van der Waals surface area contributed by atoms with Crippen LogP contribution in [0.3, 0.4) is 0 Å². The number of carboxylic acids is 1. The SMILES string of the molecule is COc1cc(C2C3=C(CCCC3=O)N(CCC(=O)O)C3=C2C(=O)CCC3)cc(I)c1OCc1ccc([N+](=O)[O-])cc1. The van der Waals surface area contributed by atoms with E-state index in [1.165, 1.54) is 19.2 Å². The zero-order valence-electron chi connectivity index (χ0n) is 22.5. The van der Waals surface area contributed by atoms with Gasteiger partial charge < -0.3 is 19.5 Å². The highest BCUT2D eigenvalue weighted by Gasteiger charge is 2.43. The summed E-state index contributed by atoms with van der Waals surface area (Å²) in [6.07, 6.45) is 3.32. The Labute approximate surface area is 250 Å². The van der Waals surface area contributed by atoms with Crippen LogP contribution < -0.4 is 9.47 Å². The number of nitro groups is 1. The number of ether oxygens (including phenoxy) is 2. The van der Waals surface area contributed by atoms with E-state index >= 15 is 0 Å². The van der Waals surface area contributed by atoms with Gasteiger partial charge in [-0.05, 0) is 83.7 Å². The number of hydrogen-bond acceptors (Lipinski definition) is 8. The van der Waals surface area contributed by atoms with Gasteiger partial charge in [-0.15, -0.1) is 0 Å².